The van der Waals surface area contributed by atoms with Gasteiger partial charge in [-0.05, 0) is 19.1 Å². The highest BCUT2D eigenvalue weighted by Gasteiger charge is 2.26. The molecule has 1 amide bonds. The van der Waals surface area contributed by atoms with Gasteiger partial charge < -0.3 is 10.2 Å². The fraction of sp³-hybridized carbons (Fsp3) is 0.400. The number of hydrogen-bond acceptors (Lipinski definition) is 6. The smallest absolute Gasteiger partial charge is 0.242 e. The van der Waals surface area contributed by atoms with Crippen molar-refractivity contribution in [1.29, 1.82) is 0 Å². The Hall–Kier alpha value is -1.70. The van der Waals surface area contributed by atoms with E-state index in [0.717, 1.165) is 31.3 Å². The number of nitrogens with zero attached hydrogens (tertiary/aromatic N) is 4. The molecule has 2 aromatic rings. The van der Waals surface area contributed by atoms with Crippen LogP contribution in [-0.2, 0) is 4.79 Å². The summed E-state index contributed by atoms with van der Waals surface area (Å²) in [5, 5.41) is 6.41. The highest BCUT2D eigenvalue weighted by molar-refractivity contribution is 7.13. The summed E-state index contributed by atoms with van der Waals surface area (Å²) in [6.07, 6.45) is 3.34. The second-order valence-electron chi connectivity index (χ2n) is 5.36. The van der Waals surface area contributed by atoms with Crippen LogP contribution in [0.1, 0.15) is 6.92 Å². The molecule has 0 bridgehead atoms. The molecule has 0 radical (unpaired) electrons. The van der Waals surface area contributed by atoms with Crippen molar-refractivity contribution in [2.24, 2.45) is 0 Å². The van der Waals surface area contributed by atoms with Gasteiger partial charge in [-0.1, -0.05) is 11.6 Å². The number of carbonyl (C=O) groups is 1. The number of aromatic nitrogens is 2. The molecule has 23 heavy (non-hydrogen) atoms. The van der Waals surface area contributed by atoms with Gasteiger partial charge in [-0.2, -0.15) is 0 Å². The zero-order valence-corrected chi connectivity index (χ0v) is 14.3. The van der Waals surface area contributed by atoms with Crippen LogP contribution in [0.2, 0.25) is 5.02 Å². The first kappa shape index (κ1) is 16.2. The first-order chi connectivity index (χ1) is 11.1. The number of pyridine rings is 1. The third kappa shape index (κ3) is 3.99. The van der Waals surface area contributed by atoms with Crippen LogP contribution in [0.3, 0.4) is 0 Å². The van der Waals surface area contributed by atoms with E-state index in [0.29, 0.717) is 10.8 Å². The van der Waals surface area contributed by atoms with Gasteiger partial charge in [0.2, 0.25) is 5.91 Å². The summed E-state index contributed by atoms with van der Waals surface area (Å²) in [6, 6.07) is 3.21. The maximum Gasteiger partial charge on any atom is 0.242 e. The van der Waals surface area contributed by atoms with Crippen LogP contribution in [0.25, 0.3) is 0 Å². The Balaban J connectivity index is 1.53. The number of carbonyl (C=O) groups excluding carboxylic acids is 1. The van der Waals surface area contributed by atoms with Gasteiger partial charge >= 0.3 is 0 Å². The van der Waals surface area contributed by atoms with E-state index in [1.54, 1.807) is 23.5 Å². The average Bonchev–Trinajstić information content (AvgIpc) is 3.11. The summed E-state index contributed by atoms with van der Waals surface area (Å²) in [6.45, 7) is 5.35. The van der Waals surface area contributed by atoms with Gasteiger partial charge in [0.25, 0.3) is 0 Å². The SMILES string of the molecule is CC(C(=O)Nc1ccc(Cl)cn1)N1CCN(c2nccs2)CC1. The maximum atomic E-state index is 12.4. The number of nitrogens with one attached hydrogen (secondary N) is 1. The molecule has 0 saturated carbocycles. The quantitative estimate of drug-likeness (QED) is 0.916. The van der Waals surface area contributed by atoms with E-state index in [9.17, 15) is 4.79 Å². The lowest BCUT2D eigenvalue weighted by Gasteiger charge is -2.37. The number of piperazine rings is 1. The molecule has 0 spiro atoms. The molecule has 122 valence electrons. The fourth-order valence-corrected chi connectivity index (χ4v) is 3.33. The number of rotatable bonds is 4. The molecule has 2 aromatic heterocycles. The number of thiazole rings is 1. The Kier molecular flexibility index (Phi) is 5.09. The monoisotopic (exact) mass is 351 g/mol. The van der Waals surface area contributed by atoms with Crippen LogP contribution in [0.4, 0.5) is 10.9 Å². The number of anilines is 2. The van der Waals surface area contributed by atoms with E-state index < -0.39 is 0 Å². The summed E-state index contributed by atoms with van der Waals surface area (Å²) in [4.78, 5) is 25.2. The molecule has 1 atom stereocenters. The van der Waals surface area contributed by atoms with Crippen LogP contribution < -0.4 is 10.2 Å². The summed E-state index contributed by atoms with van der Waals surface area (Å²) >= 11 is 7.44. The van der Waals surface area contributed by atoms with Crippen molar-refractivity contribution >= 4 is 39.8 Å². The predicted octanol–water partition coefficient (Wildman–Crippen LogP) is 2.34. The third-order valence-electron chi connectivity index (χ3n) is 3.91. The van der Waals surface area contributed by atoms with Crippen molar-refractivity contribution in [2.45, 2.75) is 13.0 Å². The van der Waals surface area contributed by atoms with Crippen molar-refractivity contribution in [3.05, 3.63) is 34.9 Å². The molecule has 6 nitrogen and oxygen atoms in total. The summed E-state index contributed by atoms with van der Waals surface area (Å²) in [5.41, 5.74) is 0. The van der Waals surface area contributed by atoms with Crippen LogP contribution in [0.15, 0.2) is 29.9 Å². The largest absolute Gasteiger partial charge is 0.346 e. The first-order valence-corrected chi connectivity index (χ1v) is 8.70. The Morgan fingerprint density at radius 1 is 1.30 bits per heavy atom. The van der Waals surface area contributed by atoms with Gasteiger partial charge in [-0.15, -0.1) is 11.3 Å². The van der Waals surface area contributed by atoms with E-state index in [1.807, 2.05) is 18.5 Å². The molecule has 0 aliphatic carbocycles. The van der Waals surface area contributed by atoms with Crippen LogP contribution >= 0.6 is 22.9 Å². The van der Waals surface area contributed by atoms with Gasteiger partial charge in [0.05, 0.1) is 11.1 Å². The van der Waals surface area contributed by atoms with Crippen molar-refractivity contribution < 1.29 is 4.79 Å². The molecule has 1 unspecified atom stereocenters. The Bertz CT molecular complexity index is 640. The molecule has 3 heterocycles. The van der Waals surface area contributed by atoms with Crippen molar-refractivity contribution in [1.82, 2.24) is 14.9 Å². The lowest BCUT2D eigenvalue weighted by Crippen LogP contribution is -2.52. The van der Waals surface area contributed by atoms with Crippen LogP contribution in [0, 0.1) is 0 Å². The third-order valence-corrected chi connectivity index (χ3v) is 4.97. The fourth-order valence-electron chi connectivity index (χ4n) is 2.52. The van der Waals surface area contributed by atoms with Crippen molar-refractivity contribution in [3.63, 3.8) is 0 Å². The normalized spacial score (nSPS) is 17.0. The molecule has 3 rings (SSSR count). The Labute approximate surface area is 144 Å². The molecule has 8 heteroatoms. The average molecular weight is 352 g/mol. The van der Waals surface area contributed by atoms with Crippen molar-refractivity contribution in [3.8, 4) is 0 Å². The standard InChI is InChI=1S/C15H18ClN5OS/c1-11(14(22)19-13-3-2-12(16)10-18-13)20-5-7-21(8-6-20)15-17-4-9-23-15/h2-4,9-11H,5-8H2,1H3,(H,18,19,22). The summed E-state index contributed by atoms with van der Waals surface area (Å²) in [5.74, 6) is 0.468. The predicted molar refractivity (Wildman–Crippen MR) is 93.2 cm³/mol. The molecule has 1 saturated heterocycles. The van der Waals surface area contributed by atoms with Crippen LogP contribution in [-0.4, -0.2) is 53.0 Å². The molecule has 0 aromatic carbocycles. The van der Waals surface area contributed by atoms with E-state index in [4.69, 9.17) is 11.6 Å². The number of halogens is 1. The highest BCUT2D eigenvalue weighted by atomic mass is 35.5. The first-order valence-electron chi connectivity index (χ1n) is 7.44. The Morgan fingerprint density at radius 3 is 2.70 bits per heavy atom. The Morgan fingerprint density at radius 2 is 2.09 bits per heavy atom. The number of hydrogen-bond donors (Lipinski definition) is 1. The van der Waals surface area contributed by atoms with Crippen LogP contribution in [0.5, 0.6) is 0 Å². The molecule has 1 aliphatic rings. The maximum absolute atomic E-state index is 12.4. The van der Waals surface area contributed by atoms with Gasteiger partial charge in [0.15, 0.2) is 5.13 Å². The van der Waals surface area contributed by atoms with E-state index >= 15 is 0 Å². The van der Waals surface area contributed by atoms with E-state index in [1.165, 1.54) is 6.20 Å². The summed E-state index contributed by atoms with van der Waals surface area (Å²) in [7, 11) is 0. The molecular formula is C15H18ClN5OS. The minimum atomic E-state index is -0.203. The highest BCUT2D eigenvalue weighted by Crippen LogP contribution is 2.20. The number of amides is 1. The van der Waals surface area contributed by atoms with Gasteiger partial charge in [0.1, 0.15) is 5.82 Å². The molecular weight excluding hydrogens is 334 g/mol. The summed E-state index contributed by atoms with van der Waals surface area (Å²) < 4.78 is 0. The van der Waals surface area contributed by atoms with E-state index in [-0.39, 0.29) is 11.9 Å². The second-order valence-corrected chi connectivity index (χ2v) is 6.67. The molecule has 1 fully saturated rings. The van der Waals surface area contributed by atoms with Crippen molar-refractivity contribution in [2.75, 3.05) is 36.4 Å². The van der Waals surface area contributed by atoms with Gasteiger partial charge in [0, 0.05) is 44.0 Å². The van der Waals surface area contributed by atoms with E-state index in [2.05, 4.69) is 25.1 Å². The van der Waals surface area contributed by atoms with Gasteiger partial charge in [-0.25, -0.2) is 9.97 Å². The lowest BCUT2D eigenvalue weighted by atomic mass is 10.2. The zero-order chi connectivity index (χ0) is 16.2. The molecule has 1 N–H and O–H groups in total. The minimum Gasteiger partial charge on any atom is -0.346 e. The lowest BCUT2D eigenvalue weighted by molar-refractivity contribution is -0.120. The molecule has 1 aliphatic heterocycles. The second kappa shape index (κ2) is 7.25. The topological polar surface area (TPSA) is 61.4 Å². The zero-order valence-electron chi connectivity index (χ0n) is 12.8. The van der Waals surface area contributed by atoms with Gasteiger partial charge in [-0.3, -0.25) is 9.69 Å². The minimum absolute atomic E-state index is 0.0532.